The molecule has 2 amide bonds. The highest BCUT2D eigenvalue weighted by Crippen LogP contribution is 2.06. The minimum absolute atomic E-state index is 0.00886. The van der Waals surface area contributed by atoms with Crippen molar-refractivity contribution in [2.24, 2.45) is 0 Å². The number of likely N-dealkylation sites (tertiary alicyclic amines) is 1. The second kappa shape index (κ2) is 7.00. The number of rotatable bonds is 6. The first-order valence-corrected chi connectivity index (χ1v) is 5.60. The lowest BCUT2D eigenvalue weighted by Gasteiger charge is -2.15. The third-order valence-corrected chi connectivity index (χ3v) is 2.47. The lowest BCUT2D eigenvalue weighted by molar-refractivity contribution is -0.131. The number of carbonyl (C=O) groups is 2. The van der Waals surface area contributed by atoms with Gasteiger partial charge in [0.05, 0.1) is 13.1 Å². The highest BCUT2D eigenvalue weighted by molar-refractivity contribution is 5.85. The predicted octanol–water partition coefficient (Wildman–Crippen LogP) is -0.499. The van der Waals surface area contributed by atoms with Gasteiger partial charge in [0.15, 0.2) is 0 Å². The van der Waals surface area contributed by atoms with E-state index in [0.29, 0.717) is 6.54 Å². The summed E-state index contributed by atoms with van der Waals surface area (Å²) in [5.41, 5.74) is 0. The Bertz CT molecular complexity index is 260. The molecular formula is C11H19N3O2. The highest BCUT2D eigenvalue weighted by atomic mass is 16.2. The fourth-order valence-corrected chi connectivity index (χ4v) is 1.60. The van der Waals surface area contributed by atoms with Crippen LogP contribution in [-0.4, -0.2) is 49.4 Å². The summed E-state index contributed by atoms with van der Waals surface area (Å²) in [6.07, 6.45) is 3.82. The van der Waals surface area contributed by atoms with Crippen LogP contribution >= 0.6 is 0 Å². The number of hydrogen-bond donors (Lipinski definition) is 2. The Morgan fingerprint density at radius 3 is 2.56 bits per heavy atom. The molecule has 0 spiro atoms. The molecule has 2 N–H and O–H groups in total. The zero-order chi connectivity index (χ0) is 11.8. The Balaban J connectivity index is 2.10. The summed E-state index contributed by atoms with van der Waals surface area (Å²) >= 11 is 0. The van der Waals surface area contributed by atoms with Crippen LogP contribution in [0.15, 0.2) is 12.7 Å². The van der Waals surface area contributed by atoms with Crippen LogP contribution in [0.4, 0.5) is 0 Å². The standard InChI is InChI=1S/C11H19N3O2/c1-2-5-12-8-10(15)13-9-11(16)14-6-3-4-7-14/h2,12H,1,3-9H2,(H,13,15). The summed E-state index contributed by atoms with van der Waals surface area (Å²) in [6, 6.07) is 0. The molecular weight excluding hydrogens is 206 g/mol. The van der Waals surface area contributed by atoms with Crippen LogP contribution in [0.3, 0.4) is 0 Å². The van der Waals surface area contributed by atoms with Crippen molar-refractivity contribution in [1.29, 1.82) is 0 Å². The van der Waals surface area contributed by atoms with Crippen LogP contribution in [0.2, 0.25) is 0 Å². The number of nitrogens with one attached hydrogen (secondary N) is 2. The van der Waals surface area contributed by atoms with Crippen molar-refractivity contribution >= 4 is 11.8 Å². The van der Waals surface area contributed by atoms with Crippen LogP contribution < -0.4 is 10.6 Å². The lowest BCUT2D eigenvalue weighted by Crippen LogP contribution is -2.41. The smallest absolute Gasteiger partial charge is 0.241 e. The number of hydrogen-bond acceptors (Lipinski definition) is 3. The SMILES string of the molecule is C=CCNCC(=O)NCC(=O)N1CCCC1. The largest absolute Gasteiger partial charge is 0.346 e. The molecule has 0 radical (unpaired) electrons. The van der Waals surface area contributed by atoms with Gasteiger partial charge in [0.25, 0.3) is 0 Å². The molecule has 0 aromatic heterocycles. The van der Waals surface area contributed by atoms with Gasteiger partial charge in [0.2, 0.25) is 11.8 Å². The molecule has 0 aromatic carbocycles. The van der Waals surface area contributed by atoms with Gasteiger partial charge in [-0.25, -0.2) is 0 Å². The summed E-state index contributed by atoms with van der Waals surface area (Å²) in [5.74, 6) is -0.149. The Kier molecular flexibility index (Phi) is 5.56. The fraction of sp³-hybridized carbons (Fsp3) is 0.636. The monoisotopic (exact) mass is 225 g/mol. The summed E-state index contributed by atoms with van der Waals surface area (Å²) in [4.78, 5) is 24.6. The molecule has 1 heterocycles. The summed E-state index contributed by atoms with van der Waals surface area (Å²) in [5, 5.41) is 5.46. The van der Waals surface area contributed by atoms with E-state index in [1.54, 1.807) is 11.0 Å². The summed E-state index contributed by atoms with van der Waals surface area (Å²) in [7, 11) is 0. The van der Waals surface area contributed by atoms with Gasteiger partial charge in [0.1, 0.15) is 0 Å². The van der Waals surface area contributed by atoms with Crippen LogP contribution in [0, 0.1) is 0 Å². The van der Waals surface area contributed by atoms with Gasteiger partial charge < -0.3 is 15.5 Å². The molecule has 0 saturated carbocycles. The van der Waals surface area contributed by atoms with E-state index in [2.05, 4.69) is 17.2 Å². The fourth-order valence-electron chi connectivity index (χ4n) is 1.60. The molecule has 5 heteroatoms. The van der Waals surface area contributed by atoms with E-state index in [-0.39, 0.29) is 24.9 Å². The van der Waals surface area contributed by atoms with Crippen molar-refractivity contribution in [3.8, 4) is 0 Å². The number of amides is 2. The molecule has 1 aliphatic rings. The van der Waals surface area contributed by atoms with Gasteiger partial charge in [-0.3, -0.25) is 9.59 Å². The van der Waals surface area contributed by atoms with E-state index in [0.717, 1.165) is 25.9 Å². The maximum atomic E-state index is 11.6. The van der Waals surface area contributed by atoms with Crippen LogP contribution in [0.1, 0.15) is 12.8 Å². The van der Waals surface area contributed by atoms with Crippen molar-refractivity contribution in [2.45, 2.75) is 12.8 Å². The molecule has 0 aliphatic carbocycles. The zero-order valence-corrected chi connectivity index (χ0v) is 9.50. The minimum Gasteiger partial charge on any atom is -0.346 e. The molecule has 5 nitrogen and oxygen atoms in total. The predicted molar refractivity (Wildman–Crippen MR) is 61.9 cm³/mol. The molecule has 1 rings (SSSR count). The van der Waals surface area contributed by atoms with Gasteiger partial charge >= 0.3 is 0 Å². The van der Waals surface area contributed by atoms with Crippen LogP contribution in [-0.2, 0) is 9.59 Å². The van der Waals surface area contributed by atoms with E-state index in [4.69, 9.17) is 0 Å². The third kappa shape index (κ3) is 4.44. The van der Waals surface area contributed by atoms with Gasteiger partial charge in [-0.1, -0.05) is 6.08 Å². The minimum atomic E-state index is -0.158. The Labute approximate surface area is 95.9 Å². The molecule has 0 atom stereocenters. The van der Waals surface area contributed by atoms with Crippen molar-refractivity contribution < 1.29 is 9.59 Å². The van der Waals surface area contributed by atoms with Crippen LogP contribution in [0.5, 0.6) is 0 Å². The molecule has 90 valence electrons. The molecule has 1 saturated heterocycles. The molecule has 1 fully saturated rings. The average molecular weight is 225 g/mol. The first-order valence-electron chi connectivity index (χ1n) is 5.60. The van der Waals surface area contributed by atoms with Crippen molar-refractivity contribution in [3.63, 3.8) is 0 Å². The highest BCUT2D eigenvalue weighted by Gasteiger charge is 2.17. The summed E-state index contributed by atoms with van der Waals surface area (Å²) in [6.45, 7) is 6.09. The van der Waals surface area contributed by atoms with E-state index in [9.17, 15) is 9.59 Å². The number of nitrogens with zero attached hydrogens (tertiary/aromatic N) is 1. The van der Waals surface area contributed by atoms with Gasteiger partial charge in [0, 0.05) is 19.6 Å². The Hall–Kier alpha value is -1.36. The molecule has 16 heavy (non-hydrogen) atoms. The topological polar surface area (TPSA) is 61.4 Å². The van der Waals surface area contributed by atoms with Gasteiger partial charge in [-0.2, -0.15) is 0 Å². The zero-order valence-electron chi connectivity index (χ0n) is 9.50. The number of carbonyl (C=O) groups excluding carboxylic acids is 2. The van der Waals surface area contributed by atoms with E-state index in [1.807, 2.05) is 0 Å². The van der Waals surface area contributed by atoms with Crippen molar-refractivity contribution in [3.05, 3.63) is 12.7 Å². The Morgan fingerprint density at radius 1 is 1.25 bits per heavy atom. The van der Waals surface area contributed by atoms with Crippen molar-refractivity contribution in [1.82, 2.24) is 15.5 Å². The quantitative estimate of drug-likeness (QED) is 0.473. The third-order valence-electron chi connectivity index (χ3n) is 2.47. The molecule has 1 aliphatic heterocycles. The van der Waals surface area contributed by atoms with E-state index in [1.165, 1.54) is 0 Å². The first-order chi connectivity index (χ1) is 7.74. The average Bonchev–Trinajstić information content (AvgIpc) is 2.79. The van der Waals surface area contributed by atoms with Gasteiger partial charge in [-0.15, -0.1) is 6.58 Å². The second-order valence-corrected chi connectivity index (χ2v) is 3.78. The van der Waals surface area contributed by atoms with Gasteiger partial charge in [-0.05, 0) is 12.8 Å². The van der Waals surface area contributed by atoms with E-state index >= 15 is 0 Å². The summed E-state index contributed by atoms with van der Waals surface area (Å²) < 4.78 is 0. The molecule has 0 aromatic rings. The molecule has 0 bridgehead atoms. The first kappa shape index (κ1) is 12.7. The van der Waals surface area contributed by atoms with Crippen molar-refractivity contribution in [2.75, 3.05) is 32.7 Å². The maximum Gasteiger partial charge on any atom is 0.241 e. The Morgan fingerprint density at radius 2 is 1.94 bits per heavy atom. The van der Waals surface area contributed by atoms with Crippen LogP contribution in [0.25, 0.3) is 0 Å². The van der Waals surface area contributed by atoms with E-state index < -0.39 is 0 Å². The normalized spacial score (nSPS) is 14.9. The molecule has 0 unspecified atom stereocenters. The maximum absolute atomic E-state index is 11.6. The lowest BCUT2D eigenvalue weighted by atomic mass is 10.4. The second-order valence-electron chi connectivity index (χ2n) is 3.78.